The number of para-hydroxylation sites is 1. The Hall–Kier alpha value is -1.82. The first-order valence-corrected chi connectivity index (χ1v) is 6.92. The fourth-order valence-electron chi connectivity index (χ4n) is 1.67. The molecule has 1 amide bonds. The Morgan fingerprint density at radius 3 is 2.89 bits per heavy atom. The Morgan fingerprint density at radius 1 is 1.47 bits per heavy atom. The van der Waals surface area contributed by atoms with Crippen molar-refractivity contribution >= 4 is 29.1 Å². The van der Waals surface area contributed by atoms with Gasteiger partial charge in [-0.25, -0.2) is 0 Å². The van der Waals surface area contributed by atoms with Crippen LogP contribution < -0.4 is 5.32 Å². The van der Waals surface area contributed by atoms with Crippen LogP contribution in [-0.2, 0) is 4.79 Å². The summed E-state index contributed by atoms with van der Waals surface area (Å²) in [4.78, 5) is 11.0. The van der Waals surface area contributed by atoms with Gasteiger partial charge in [0.05, 0.1) is 12.0 Å². The van der Waals surface area contributed by atoms with Gasteiger partial charge < -0.3 is 10.4 Å². The van der Waals surface area contributed by atoms with Crippen LogP contribution in [0.3, 0.4) is 0 Å². The average Bonchev–Trinajstić information content (AvgIpc) is 2.77. The molecule has 0 spiro atoms. The predicted octanol–water partition coefficient (Wildman–Crippen LogP) is 2.07. The van der Waals surface area contributed by atoms with E-state index < -0.39 is 0 Å². The molecule has 19 heavy (non-hydrogen) atoms. The monoisotopic (exact) mass is 277 g/mol. The molecular formula is C13H15N3O2S. The Morgan fingerprint density at radius 2 is 2.26 bits per heavy atom. The molecule has 0 aliphatic carbocycles. The Bertz CT molecular complexity index is 553. The number of rotatable bonds is 3. The van der Waals surface area contributed by atoms with Gasteiger partial charge in [-0.3, -0.25) is 4.79 Å². The first-order chi connectivity index (χ1) is 9.08. The molecule has 0 radical (unpaired) electrons. The summed E-state index contributed by atoms with van der Waals surface area (Å²) in [6, 6.07) is 5.52. The summed E-state index contributed by atoms with van der Waals surface area (Å²) >= 11 is 1.31. The molecule has 0 unspecified atom stereocenters. The van der Waals surface area contributed by atoms with E-state index in [1.165, 1.54) is 18.0 Å². The number of phenolic OH excluding ortho intramolecular Hbond substituents is 1. The van der Waals surface area contributed by atoms with Crippen LogP contribution >= 0.6 is 11.8 Å². The average molecular weight is 277 g/mol. The fourth-order valence-corrected chi connectivity index (χ4v) is 2.30. The smallest absolute Gasteiger partial charge is 0.236 e. The minimum absolute atomic E-state index is 0.0661. The summed E-state index contributed by atoms with van der Waals surface area (Å²) in [6.07, 6.45) is 1.49. The SMILES string of the molecule is CC(C)c1cccc(C=NN=C2NC(=O)CS2)c1O. The molecule has 1 fully saturated rings. The molecule has 1 aliphatic heterocycles. The van der Waals surface area contributed by atoms with Crippen molar-refractivity contribution in [2.45, 2.75) is 19.8 Å². The molecule has 5 nitrogen and oxygen atoms in total. The van der Waals surface area contributed by atoms with E-state index in [1.54, 1.807) is 6.07 Å². The zero-order valence-corrected chi connectivity index (χ0v) is 11.6. The summed E-state index contributed by atoms with van der Waals surface area (Å²) in [5.41, 5.74) is 1.49. The lowest BCUT2D eigenvalue weighted by Gasteiger charge is -2.09. The van der Waals surface area contributed by atoms with Crippen LogP contribution in [0.1, 0.15) is 30.9 Å². The molecule has 0 saturated carbocycles. The first kappa shape index (κ1) is 13.6. The van der Waals surface area contributed by atoms with Gasteiger partial charge in [0.1, 0.15) is 5.75 Å². The molecule has 100 valence electrons. The van der Waals surface area contributed by atoms with E-state index in [0.717, 1.165) is 5.56 Å². The van der Waals surface area contributed by atoms with Crippen molar-refractivity contribution in [2.75, 3.05) is 5.75 Å². The highest BCUT2D eigenvalue weighted by atomic mass is 32.2. The third kappa shape index (κ3) is 3.35. The third-order valence-electron chi connectivity index (χ3n) is 2.65. The lowest BCUT2D eigenvalue weighted by Crippen LogP contribution is -2.19. The molecule has 2 N–H and O–H groups in total. The second-order valence-corrected chi connectivity index (χ2v) is 5.39. The molecule has 1 aromatic carbocycles. The number of benzene rings is 1. The molecule has 1 heterocycles. The predicted molar refractivity (Wildman–Crippen MR) is 77.8 cm³/mol. The number of thioether (sulfide) groups is 1. The third-order valence-corrected chi connectivity index (χ3v) is 3.52. The molecule has 1 saturated heterocycles. The Kier molecular flexibility index (Phi) is 4.21. The molecule has 6 heteroatoms. The lowest BCUT2D eigenvalue weighted by atomic mass is 9.99. The highest BCUT2D eigenvalue weighted by Crippen LogP contribution is 2.27. The van der Waals surface area contributed by atoms with E-state index in [1.807, 2.05) is 26.0 Å². The summed E-state index contributed by atoms with van der Waals surface area (Å²) in [5.74, 6) is 0.778. The van der Waals surface area contributed by atoms with E-state index in [-0.39, 0.29) is 17.6 Å². The number of carbonyl (C=O) groups excluding carboxylic acids is 1. The fraction of sp³-hybridized carbons (Fsp3) is 0.308. The number of amides is 1. The second kappa shape index (κ2) is 5.88. The van der Waals surface area contributed by atoms with E-state index in [9.17, 15) is 9.90 Å². The first-order valence-electron chi connectivity index (χ1n) is 5.93. The molecular weight excluding hydrogens is 262 g/mol. The molecule has 2 rings (SSSR count). The summed E-state index contributed by atoms with van der Waals surface area (Å²) in [5, 5.41) is 20.9. The van der Waals surface area contributed by atoms with Gasteiger partial charge in [0, 0.05) is 5.56 Å². The maximum absolute atomic E-state index is 11.0. The number of hydrogen-bond donors (Lipinski definition) is 2. The lowest BCUT2D eigenvalue weighted by molar-refractivity contribution is -0.116. The number of hydrogen-bond acceptors (Lipinski definition) is 5. The van der Waals surface area contributed by atoms with Crippen molar-refractivity contribution in [3.8, 4) is 5.75 Å². The second-order valence-electron chi connectivity index (χ2n) is 4.43. The number of nitrogens with zero attached hydrogens (tertiary/aromatic N) is 2. The van der Waals surface area contributed by atoms with Crippen LogP contribution in [0.15, 0.2) is 28.4 Å². The minimum Gasteiger partial charge on any atom is -0.507 e. The minimum atomic E-state index is -0.0661. The maximum Gasteiger partial charge on any atom is 0.236 e. The summed E-state index contributed by atoms with van der Waals surface area (Å²) in [7, 11) is 0. The number of carbonyl (C=O) groups is 1. The standard InChI is InChI=1S/C13H15N3O2S/c1-8(2)10-5-3-4-9(12(10)18)6-14-16-13-15-11(17)7-19-13/h3-6,8,18H,7H2,1-2H3,(H,15,16,17). The zero-order chi connectivity index (χ0) is 13.8. The highest BCUT2D eigenvalue weighted by molar-refractivity contribution is 8.15. The van der Waals surface area contributed by atoms with E-state index >= 15 is 0 Å². The van der Waals surface area contributed by atoms with Crippen LogP contribution in [0, 0.1) is 0 Å². The number of phenols is 1. The van der Waals surface area contributed by atoms with Crippen molar-refractivity contribution < 1.29 is 9.90 Å². The number of aromatic hydroxyl groups is 1. The molecule has 1 aromatic rings. The molecule has 0 bridgehead atoms. The van der Waals surface area contributed by atoms with Crippen molar-refractivity contribution in [3.63, 3.8) is 0 Å². The molecule has 0 aromatic heterocycles. The Labute approximate surface area is 115 Å². The number of nitrogens with one attached hydrogen (secondary N) is 1. The van der Waals surface area contributed by atoms with Gasteiger partial charge >= 0.3 is 0 Å². The normalized spacial score (nSPS) is 17.6. The summed E-state index contributed by atoms with van der Waals surface area (Å²) in [6.45, 7) is 4.03. The van der Waals surface area contributed by atoms with Gasteiger partial charge in [0.2, 0.25) is 5.91 Å². The molecule has 1 aliphatic rings. The van der Waals surface area contributed by atoms with Crippen molar-refractivity contribution in [3.05, 3.63) is 29.3 Å². The van der Waals surface area contributed by atoms with Crippen molar-refractivity contribution in [1.29, 1.82) is 0 Å². The molecule has 0 atom stereocenters. The Balaban J connectivity index is 2.15. The maximum atomic E-state index is 11.0. The van der Waals surface area contributed by atoms with Crippen molar-refractivity contribution in [1.82, 2.24) is 5.32 Å². The van der Waals surface area contributed by atoms with Gasteiger partial charge in [0.15, 0.2) is 5.17 Å². The van der Waals surface area contributed by atoms with Crippen molar-refractivity contribution in [2.24, 2.45) is 10.2 Å². The van der Waals surface area contributed by atoms with Gasteiger partial charge in [-0.2, -0.15) is 5.10 Å². The van der Waals surface area contributed by atoms with Gasteiger partial charge in [-0.15, -0.1) is 5.10 Å². The largest absolute Gasteiger partial charge is 0.507 e. The van der Waals surface area contributed by atoms with Crippen LogP contribution in [-0.4, -0.2) is 28.1 Å². The summed E-state index contributed by atoms with van der Waals surface area (Å²) < 4.78 is 0. The van der Waals surface area contributed by atoms with E-state index in [4.69, 9.17) is 0 Å². The number of amidine groups is 1. The topological polar surface area (TPSA) is 74.0 Å². The van der Waals surface area contributed by atoms with Gasteiger partial charge in [-0.05, 0) is 17.5 Å². The van der Waals surface area contributed by atoms with Crippen LogP contribution in [0.4, 0.5) is 0 Å². The van der Waals surface area contributed by atoms with E-state index in [0.29, 0.717) is 16.5 Å². The highest BCUT2D eigenvalue weighted by Gasteiger charge is 2.16. The quantitative estimate of drug-likeness (QED) is 0.656. The van der Waals surface area contributed by atoms with E-state index in [2.05, 4.69) is 15.5 Å². The van der Waals surface area contributed by atoms with Crippen LogP contribution in [0.5, 0.6) is 5.75 Å². The van der Waals surface area contributed by atoms with Crippen LogP contribution in [0.2, 0.25) is 0 Å². The zero-order valence-electron chi connectivity index (χ0n) is 10.8. The van der Waals surface area contributed by atoms with Crippen LogP contribution in [0.25, 0.3) is 0 Å². The van der Waals surface area contributed by atoms with Gasteiger partial charge in [0.25, 0.3) is 0 Å². The van der Waals surface area contributed by atoms with Gasteiger partial charge in [-0.1, -0.05) is 37.7 Å².